The number of carbonyl (C=O) groups excluding carboxylic acids is 1. The molecule has 4 atom stereocenters. The minimum absolute atomic E-state index is 0.0114. The predicted molar refractivity (Wildman–Crippen MR) is 61.8 cm³/mol. The van der Waals surface area contributed by atoms with Crippen LogP contribution in [0, 0.1) is 11.3 Å². The van der Waals surface area contributed by atoms with Gasteiger partial charge in [0.15, 0.2) is 0 Å². The Kier molecular flexibility index (Phi) is 2.97. The minimum atomic E-state index is -0.257. The average Bonchev–Trinajstić information content (AvgIpc) is 2.64. The van der Waals surface area contributed by atoms with Gasteiger partial charge in [-0.05, 0) is 18.8 Å². The molecule has 1 saturated heterocycles. The number of nitrogens with one attached hydrogen (secondary N) is 1. The highest BCUT2D eigenvalue weighted by Gasteiger charge is 2.47. The van der Waals surface area contributed by atoms with Crippen molar-refractivity contribution in [3.05, 3.63) is 0 Å². The monoisotopic (exact) mass is 226 g/mol. The van der Waals surface area contributed by atoms with Gasteiger partial charge in [0.1, 0.15) is 6.10 Å². The topological polar surface area (TPSA) is 64.3 Å². The molecule has 1 aliphatic heterocycles. The smallest absolute Gasteiger partial charge is 0.249 e. The number of hydrogen-bond donors (Lipinski definition) is 2. The van der Waals surface area contributed by atoms with Gasteiger partial charge in [0, 0.05) is 24.1 Å². The van der Waals surface area contributed by atoms with E-state index in [1.807, 2.05) is 0 Å². The number of ether oxygens (including phenoxy) is 1. The van der Waals surface area contributed by atoms with Crippen LogP contribution in [0.25, 0.3) is 0 Å². The van der Waals surface area contributed by atoms with Gasteiger partial charge in [-0.2, -0.15) is 0 Å². The van der Waals surface area contributed by atoms with E-state index < -0.39 is 0 Å². The molecule has 1 aliphatic carbocycles. The second-order valence-corrected chi connectivity index (χ2v) is 5.78. The Hall–Kier alpha value is -0.610. The normalized spacial score (nSPS) is 41.5. The van der Waals surface area contributed by atoms with Crippen molar-refractivity contribution in [2.45, 2.75) is 51.8 Å². The molecular formula is C12H22N2O2. The Balaban J connectivity index is 1.89. The first-order chi connectivity index (χ1) is 7.43. The zero-order valence-corrected chi connectivity index (χ0v) is 10.3. The molecule has 0 bridgehead atoms. The van der Waals surface area contributed by atoms with E-state index in [9.17, 15) is 4.79 Å². The van der Waals surface area contributed by atoms with Gasteiger partial charge in [0.05, 0.1) is 0 Å². The van der Waals surface area contributed by atoms with Gasteiger partial charge in [-0.3, -0.25) is 4.79 Å². The molecule has 4 heteroatoms. The molecule has 1 heterocycles. The van der Waals surface area contributed by atoms with Crippen LogP contribution in [-0.4, -0.2) is 30.7 Å². The van der Waals surface area contributed by atoms with Crippen LogP contribution in [0.3, 0.4) is 0 Å². The summed E-state index contributed by atoms with van der Waals surface area (Å²) in [5.41, 5.74) is 5.93. The Morgan fingerprint density at radius 1 is 1.50 bits per heavy atom. The lowest BCUT2D eigenvalue weighted by Crippen LogP contribution is -2.65. The molecule has 92 valence electrons. The lowest BCUT2D eigenvalue weighted by Gasteiger charge is -2.50. The number of amides is 1. The molecule has 16 heavy (non-hydrogen) atoms. The van der Waals surface area contributed by atoms with Crippen LogP contribution in [0.4, 0.5) is 0 Å². The third-order valence-electron chi connectivity index (χ3n) is 4.31. The van der Waals surface area contributed by atoms with E-state index in [1.54, 1.807) is 0 Å². The molecule has 0 spiro atoms. The predicted octanol–water partition coefficient (Wildman–Crippen LogP) is 0.653. The average molecular weight is 226 g/mol. The van der Waals surface area contributed by atoms with E-state index in [1.165, 1.54) is 0 Å². The molecule has 1 saturated carbocycles. The summed E-state index contributed by atoms with van der Waals surface area (Å²) in [6.45, 7) is 6.97. The zero-order valence-electron chi connectivity index (χ0n) is 10.3. The van der Waals surface area contributed by atoms with E-state index in [0.29, 0.717) is 12.5 Å². The van der Waals surface area contributed by atoms with Gasteiger partial charge in [-0.1, -0.05) is 20.8 Å². The maximum Gasteiger partial charge on any atom is 0.249 e. The van der Waals surface area contributed by atoms with Crippen LogP contribution in [0.1, 0.15) is 33.6 Å². The molecule has 0 aromatic rings. The van der Waals surface area contributed by atoms with Gasteiger partial charge in [-0.15, -0.1) is 0 Å². The maximum absolute atomic E-state index is 12.0. The van der Waals surface area contributed by atoms with Gasteiger partial charge >= 0.3 is 0 Å². The van der Waals surface area contributed by atoms with Gasteiger partial charge in [-0.25, -0.2) is 0 Å². The standard InChI is InChI=1S/C12H22N2O2/c1-7-4-5-16-10(7)11(15)14-9-6-8(13)12(9,2)3/h7-10H,4-6,13H2,1-3H3,(H,14,15). The second-order valence-electron chi connectivity index (χ2n) is 5.78. The van der Waals surface area contributed by atoms with Crippen molar-refractivity contribution in [3.63, 3.8) is 0 Å². The van der Waals surface area contributed by atoms with Gasteiger partial charge < -0.3 is 15.8 Å². The number of nitrogens with two attached hydrogens (primary N) is 1. The van der Waals surface area contributed by atoms with Crippen molar-refractivity contribution in [1.82, 2.24) is 5.32 Å². The summed E-state index contributed by atoms with van der Waals surface area (Å²) in [5, 5.41) is 3.07. The first-order valence-electron chi connectivity index (χ1n) is 6.10. The zero-order chi connectivity index (χ0) is 11.9. The van der Waals surface area contributed by atoms with E-state index in [4.69, 9.17) is 10.5 Å². The highest BCUT2D eigenvalue weighted by molar-refractivity contribution is 5.81. The summed E-state index contributed by atoms with van der Waals surface area (Å²) in [7, 11) is 0. The molecule has 4 nitrogen and oxygen atoms in total. The fraction of sp³-hybridized carbons (Fsp3) is 0.917. The second kappa shape index (κ2) is 4.00. The van der Waals surface area contributed by atoms with Crippen molar-refractivity contribution in [1.29, 1.82) is 0 Å². The fourth-order valence-electron chi connectivity index (χ4n) is 2.49. The van der Waals surface area contributed by atoms with Crippen LogP contribution in [-0.2, 0) is 9.53 Å². The maximum atomic E-state index is 12.0. The van der Waals surface area contributed by atoms with Crippen LogP contribution >= 0.6 is 0 Å². The Labute approximate surface area is 96.9 Å². The molecule has 2 aliphatic rings. The van der Waals surface area contributed by atoms with Crippen molar-refractivity contribution >= 4 is 5.91 Å². The Morgan fingerprint density at radius 2 is 2.19 bits per heavy atom. The van der Waals surface area contributed by atoms with Crippen LogP contribution in [0.5, 0.6) is 0 Å². The molecule has 0 aromatic heterocycles. The summed E-state index contributed by atoms with van der Waals surface area (Å²) in [6.07, 6.45) is 1.60. The molecule has 4 unspecified atom stereocenters. The van der Waals surface area contributed by atoms with Gasteiger partial charge in [0.2, 0.25) is 5.91 Å². The Morgan fingerprint density at radius 3 is 2.62 bits per heavy atom. The fourth-order valence-corrected chi connectivity index (χ4v) is 2.49. The molecule has 1 amide bonds. The SMILES string of the molecule is CC1CCOC1C(=O)NC1CC(N)C1(C)C. The third kappa shape index (κ3) is 1.84. The third-order valence-corrected chi connectivity index (χ3v) is 4.31. The van der Waals surface area contributed by atoms with E-state index in [2.05, 4.69) is 26.1 Å². The van der Waals surface area contributed by atoms with Crippen LogP contribution in [0.2, 0.25) is 0 Å². The van der Waals surface area contributed by atoms with Crippen molar-refractivity contribution in [2.24, 2.45) is 17.1 Å². The summed E-state index contributed by atoms with van der Waals surface area (Å²) in [4.78, 5) is 12.0. The molecule has 3 N–H and O–H groups in total. The first kappa shape index (κ1) is 11.9. The highest BCUT2D eigenvalue weighted by atomic mass is 16.5. The van der Waals surface area contributed by atoms with Crippen LogP contribution < -0.4 is 11.1 Å². The largest absolute Gasteiger partial charge is 0.368 e. The van der Waals surface area contributed by atoms with Gasteiger partial charge in [0.25, 0.3) is 0 Å². The van der Waals surface area contributed by atoms with Crippen molar-refractivity contribution in [2.75, 3.05) is 6.61 Å². The summed E-state index contributed by atoms with van der Waals surface area (Å²) in [5.74, 6) is 0.367. The molecular weight excluding hydrogens is 204 g/mol. The molecule has 2 rings (SSSR count). The Bertz CT molecular complexity index is 291. The number of carbonyl (C=O) groups is 1. The lowest BCUT2D eigenvalue weighted by molar-refractivity contribution is -0.134. The summed E-state index contributed by atoms with van der Waals surface area (Å²) in [6, 6.07) is 0.395. The lowest BCUT2D eigenvalue weighted by atomic mass is 9.63. The first-order valence-corrected chi connectivity index (χ1v) is 6.10. The summed E-state index contributed by atoms with van der Waals surface area (Å²) >= 11 is 0. The highest BCUT2D eigenvalue weighted by Crippen LogP contribution is 2.39. The quantitative estimate of drug-likeness (QED) is 0.727. The summed E-state index contributed by atoms with van der Waals surface area (Å²) < 4.78 is 5.45. The van der Waals surface area contributed by atoms with Crippen molar-refractivity contribution in [3.8, 4) is 0 Å². The minimum Gasteiger partial charge on any atom is -0.368 e. The number of hydrogen-bond acceptors (Lipinski definition) is 3. The van der Waals surface area contributed by atoms with E-state index >= 15 is 0 Å². The molecule has 2 fully saturated rings. The van der Waals surface area contributed by atoms with E-state index in [-0.39, 0.29) is 29.5 Å². The van der Waals surface area contributed by atoms with E-state index in [0.717, 1.165) is 12.8 Å². The van der Waals surface area contributed by atoms with Crippen molar-refractivity contribution < 1.29 is 9.53 Å². The number of rotatable bonds is 2. The molecule has 0 radical (unpaired) electrons. The van der Waals surface area contributed by atoms with Crippen LogP contribution in [0.15, 0.2) is 0 Å². The molecule has 0 aromatic carbocycles.